The normalized spacial score (nSPS) is 58.2. The third-order valence-corrected chi connectivity index (χ3v) is 8.61. The smallest absolute Gasteiger partial charge is 0.0972 e. The maximum atomic E-state index is 11.2. The molecule has 4 unspecified atom stereocenters. The van der Waals surface area contributed by atoms with Gasteiger partial charge in [0.25, 0.3) is 0 Å². The van der Waals surface area contributed by atoms with Gasteiger partial charge in [-0.3, -0.25) is 0 Å². The van der Waals surface area contributed by atoms with Crippen molar-refractivity contribution in [3.05, 3.63) is 12.2 Å². The zero-order chi connectivity index (χ0) is 17.5. The van der Waals surface area contributed by atoms with Crippen LogP contribution in [0.15, 0.2) is 12.2 Å². The van der Waals surface area contributed by atoms with Crippen LogP contribution >= 0.6 is 0 Å². The first-order valence-corrected chi connectivity index (χ1v) is 9.49. The Balaban J connectivity index is 1.80. The van der Waals surface area contributed by atoms with E-state index in [1.54, 1.807) is 0 Å². The van der Waals surface area contributed by atoms with E-state index in [1.165, 1.54) is 0 Å². The number of aliphatic hydroxyl groups is 4. The van der Waals surface area contributed by atoms with Gasteiger partial charge < -0.3 is 20.4 Å². The third-order valence-electron chi connectivity index (χ3n) is 8.61. The first kappa shape index (κ1) is 17.0. The Morgan fingerprint density at radius 3 is 2.46 bits per heavy atom. The Morgan fingerprint density at radius 1 is 1.08 bits per heavy atom. The fourth-order valence-corrected chi connectivity index (χ4v) is 7.51. The largest absolute Gasteiger partial charge is 0.393 e. The highest BCUT2D eigenvalue weighted by molar-refractivity contribution is 5.29. The summed E-state index contributed by atoms with van der Waals surface area (Å²) in [6, 6.07) is 0. The number of hydrogen-bond acceptors (Lipinski definition) is 4. The zero-order valence-corrected chi connectivity index (χ0v) is 15.1. The summed E-state index contributed by atoms with van der Waals surface area (Å²) in [7, 11) is 0. The molecule has 8 atom stereocenters. The lowest BCUT2D eigenvalue weighted by Crippen LogP contribution is -2.70. The number of aliphatic hydroxyl groups excluding tert-OH is 3. The summed E-state index contributed by atoms with van der Waals surface area (Å²) < 4.78 is 0. The second-order valence-electron chi connectivity index (χ2n) is 10.00. The summed E-state index contributed by atoms with van der Waals surface area (Å²) in [5.74, 6) is 0.0752. The molecule has 136 valence electrons. The van der Waals surface area contributed by atoms with Crippen molar-refractivity contribution in [2.24, 2.45) is 34.0 Å². The molecule has 0 aromatic rings. The van der Waals surface area contributed by atoms with E-state index in [-0.39, 0.29) is 40.8 Å². The Bertz CT molecular complexity index is 572. The Hall–Kier alpha value is -0.420. The van der Waals surface area contributed by atoms with E-state index in [2.05, 4.69) is 26.8 Å². The van der Waals surface area contributed by atoms with Crippen LogP contribution in [0.2, 0.25) is 0 Å². The van der Waals surface area contributed by atoms with E-state index < -0.39 is 11.7 Å². The van der Waals surface area contributed by atoms with Crippen LogP contribution in [0.4, 0.5) is 0 Å². The molecular weight excluding hydrogens is 304 g/mol. The third kappa shape index (κ3) is 1.83. The molecule has 24 heavy (non-hydrogen) atoms. The summed E-state index contributed by atoms with van der Waals surface area (Å²) >= 11 is 0. The highest BCUT2D eigenvalue weighted by Gasteiger charge is 2.69. The van der Waals surface area contributed by atoms with Gasteiger partial charge in [-0.25, -0.2) is 0 Å². The number of rotatable bonds is 1. The highest BCUT2D eigenvalue weighted by Crippen LogP contribution is 2.70. The van der Waals surface area contributed by atoms with Gasteiger partial charge in [-0.2, -0.15) is 0 Å². The van der Waals surface area contributed by atoms with Crippen molar-refractivity contribution in [3.63, 3.8) is 0 Å². The summed E-state index contributed by atoms with van der Waals surface area (Å²) in [5.41, 5.74) is -1.62. The van der Waals surface area contributed by atoms with Crippen molar-refractivity contribution in [3.8, 4) is 0 Å². The van der Waals surface area contributed by atoms with E-state index in [0.29, 0.717) is 12.3 Å². The lowest BCUT2D eigenvalue weighted by molar-refractivity contribution is -0.254. The van der Waals surface area contributed by atoms with E-state index in [9.17, 15) is 20.4 Å². The van der Waals surface area contributed by atoms with Gasteiger partial charge in [0.05, 0.1) is 24.4 Å². The molecule has 0 radical (unpaired) electrons. The number of hydrogen-bond donors (Lipinski definition) is 4. The Labute approximate surface area is 144 Å². The average Bonchev–Trinajstić information content (AvgIpc) is 2.51. The topological polar surface area (TPSA) is 80.9 Å². The standard InChI is InChI=1S/C20H32O4/c1-17(2)13-5-9-19-8-4-12(20(24,10-19)11-21)15(23)16(19)18(13,3)7-6-14(17)22/h4,8,12-16,21-24H,5-7,9-11H2,1-3H3/t12?,13?,14-,15-,16?,18-,19?,20-/m1/s1. The van der Waals surface area contributed by atoms with Gasteiger partial charge in [0.2, 0.25) is 0 Å². The van der Waals surface area contributed by atoms with Gasteiger partial charge in [0.1, 0.15) is 0 Å². The van der Waals surface area contributed by atoms with E-state index >= 15 is 0 Å². The lowest BCUT2D eigenvalue weighted by Gasteiger charge is -2.69. The van der Waals surface area contributed by atoms with Gasteiger partial charge in [-0.15, -0.1) is 0 Å². The van der Waals surface area contributed by atoms with Crippen LogP contribution in [0.5, 0.6) is 0 Å². The molecule has 0 heterocycles. The fourth-order valence-electron chi connectivity index (χ4n) is 7.51. The molecule has 2 bridgehead atoms. The summed E-state index contributed by atoms with van der Waals surface area (Å²) in [6.45, 7) is 6.35. The summed E-state index contributed by atoms with van der Waals surface area (Å²) in [5, 5.41) is 42.4. The van der Waals surface area contributed by atoms with Crippen molar-refractivity contribution < 1.29 is 20.4 Å². The van der Waals surface area contributed by atoms with Gasteiger partial charge in [0, 0.05) is 11.8 Å². The fraction of sp³-hybridized carbons (Fsp3) is 0.900. The molecule has 0 amide bonds. The van der Waals surface area contributed by atoms with Crippen LogP contribution in [0, 0.1) is 34.0 Å². The maximum Gasteiger partial charge on any atom is 0.0972 e. The predicted molar refractivity (Wildman–Crippen MR) is 91.1 cm³/mol. The van der Waals surface area contributed by atoms with E-state index in [4.69, 9.17) is 0 Å². The molecule has 0 aromatic heterocycles. The molecule has 0 aromatic carbocycles. The van der Waals surface area contributed by atoms with Gasteiger partial charge in [0.15, 0.2) is 0 Å². The van der Waals surface area contributed by atoms with Crippen molar-refractivity contribution in [2.75, 3.05) is 6.61 Å². The molecule has 1 spiro atoms. The minimum atomic E-state index is -1.20. The molecule has 3 saturated carbocycles. The van der Waals surface area contributed by atoms with Crippen LogP contribution < -0.4 is 0 Å². The highest BCUT2D eigenvalue weighted by atomic mass is 16.3. The van der Waals surface area contributed by atoms with Crippen LogP contribution in [0.25, 0.3) is 0 Å². The van der Waals surface area contributed by atoms with Crippen LogP contribution in [-0.4, -0.2) is 44.8 Å². The van der Waals surface area contributed by atoms with Crippen LogP contribution in [0.1, 0.15) is 52.9 Å². The molecule has 5 aliphatic carbocycles. The molecule has 3 fully saturated rings. The van der Waals surface area contributed by atoms with Crippen molar-refractivity contribution >= 4 is 0 Å². The lowest BCUT2D eigenvalue weighted by atomic mass is 9.36. The minimum Gasteiger partial charge on any atom is -0.393 e. The maximum absolute atomic E-state index is 11.2. The monoisotopic (exact) mass is 336 g/mol. The Morgan fingerprint density at radius 2 is 1.79 bits per heavy atom. The molecule has 4 heteroatoms. The second kappa shape index (κ2) is 4.85. The molecule has 4 N–H and O–H groups in total. The molecule has 0 aliphatic heterocycles. The van der Waals surface area contributed by atoms with Crippen molar-refractivity contribution in [1.29, 1.82) is 0 Å². The average molecular weight is 336 g/mol. The van der Waals surface area contributed by atoms with Crippen LogP contribution in [-0.2, 0) is 0 Å². The van der Waals surface area contributed by atoms with Crippen molar-refractivity contribution in [1.82, 2.24) is 0 Å². The molecule has 5 rings (SSSR count). The second-order valence-corrected chi connectivity index (χ2v) is 10.00. The molecule has 4 nitrogen and oxygen atoms in total. The van der Waals surface area contributed by atoms with Gasteiger partial charge >= 0.3 is 0 Å². The SMILES string of the molecule is CC1(C)C2CCC34C=CC([C@@H](O)C3[C@]2(C)CC[C@H]1O)[C@](O)(CO)C4. The van der Waals surface area contributed by atoms with Crippen LogP contribution in [0.3, 0.4) is 0 Å². The predicted octanol–water partition coefficient (Wildman–Crippen LogP) is 1.86. The van der Waals surface area contributed by atoms with Gasteiger partial charge in [-0.05, 0) is 54.3 Å². The molecule has 5 aliphatic rings. The first-order valence-electron chi connectivity index (χ1n) is 9.49. The quantitative estimate of drug-likeness (QED) is 0.551. The number of allylic oxidation sites excluding steroid dienone is 1. The van der Waals surface area contributed by atoms with Crippen molar-refractivity contribution in [2.45, 2.75) is 70.7 Å². The summed E-state index contributed by atoms with van der Waals surface area (Å²) in [4.78, 5) is 0. The van der Waals surface area contributed by atoms with E-state index in [0.717, 1.165) is 25.7 Å². The molecular formula is C20H32O4. The Kier molecular flexibility index (Phi) is 3.44. The summed E-state index contributed by atoms with van der Waals surface area (Å²) in [6.07, 6.45) is 7.43. The van der Waals surface area contributed by atoms with E-state index in [1.807, 2.05) is 6.08 Å². The zero-order valence-electron chi connectivity index (χ0n) is 15.1. The van der Waals surface area contributed by atoms with Gasteiger partial charge in [-0.1, -0.05) is 32.9 Å². The number of fused-ring (bicyclic) bond motifs is 2. The molecule has 0 saturated heterocycles. The minimum absolute atomic E-state index is 0.0415. The first-order chi connectivity index (χ1) is 11.1.